The molecule has 0 unspecified atom stereocenters. The molecule has 0 saturated carbocycles. The summed E-state index contributed by atoms with van der Waals surface area (Å²) in [6.45, 7) is 0. The Morgan fingerprint density at radius 2 is 1.64 bits per heavy atom. The average Bonchev–Trinajstić information content (AvgIpc) is 2.53. The molecule has 6 heteroatoms. The van der Waals surface area contributed by atoms with Crippen molar-refractivity contribution < 1.29 is 23.5 Å². The van der Waals surface area contributed by atoms with Crippen molar-refractivity contribution in [2.45, 2.75) is 31.7 Å². The quantitative estimate of drug-likeness (QED) is 0.771. The summed E-state index contributed by atoms with van der Waals surface area (Å²) >= 11 is 0. The van der Waals surface area contributed by atoms with E-state index in [4.69, 9.17) is 0 Å². The molecule has 4 nitrogen and oxygen atoms in total. The van der Waals surface area contributed by atoms with Gasteiger partial charge in [-0.25, -0.2) is 13.6 Å². The largest absolute Gasteiger partial charge is 0.480 e. The van der Waals surface area contributed by atoms with Crippen LogP contribution in [0.15, 0.2) is 48.5 Å². The van der Waals surface area contributed by atoms with Crippen LogP contribution in [0.5, 0.6) is 0 Å². The van der Waals surface area contributed by atoms with Crippen molar-refractivity contribution in [3.05, 3.63) is 71.3 Å². The van der Waals surface area contributed by atoms with Crippen LogP contribution in [-0.4, -0.2) is 23.0 Å². The highest BCUT2D eigenvalue weighted by Crippen LogP contribution is 2.10. The first-order valence-electron chi connectivity index (χ1n) is 7.95. The predicted molar refractivity (Wildman–Crippen MR) is 89.0 cm³/mol. The molecule has 132 valence electrons. The molecular formula is C19H19F2NO3. The van der Waals surface area contributed by atoms with E-state index >= 15 is 0 Å². The zero-order valence-electron chi connectivity index (χ0n) is 13.5. The van der Waals surface area contributed by atoms with Crippen LogP contribution in [-0.2, 0) is 22.4 Å². The van der Waals surface area contributed by atoms with E-state index in [9.17, 15) is 23.5 Å². The highest BCUT2D eigenvalue weighted by atomic mass is 19.1. The van der Waals surface area contributed by atoms with E-state index in [1.54, 1.807) is 0 Å². The van der Waals surface area contributed by atoms with Gasteiger partial charge in [-0.1, -0.05) is 30.3 Å². The third-order valence-corrected chi connectivity index (χ3v) is 3.72. The number of aliphatic carboxylic acids is 1. The lowest BCUT2D eigenvalue weighted by atomic mass is 10.0. The van der Waals surface area contributed by atoms with Crippen LogP contribution in [0.4, 0.5) is 8.78 Å². The Bertz CT molecular complexity index is 714. The Hall–Kier alpha value is -2.76. The minimum atomic E-state index is -1.13. The normalized spacial score (nSPS) is 11.8. The molecule has 0 saturated heterocycles. The number of carboxylic acids is 1. The fraction of sp³-hybridized carbons (Fsp3) is 0.263. The lowest BCUT2D eigenvalue weighted by Crippen LogP contribution is -2.41. The zero-order chi connectivity index (χ0) is 18.2. The van der Waals surface area contributed by atoms with Gasteiger partial charge >= 0.3 is 5.97 Å². The van der Waals surface area contributed by atoms with Gasteiger partial charge in [-0.15, -0.1) is 0 Å². The number of carbonyl (C=O) groups is 2. The summed E-state index contributed by atoms with van der Waals surface area (Å²) in [4.78, 5) is 23.3. The fourth-order valence-electron chi connectivity index (χ4n) is 2.56. The van der Waals surface area contributed by atoms with Crippen LogP contribution in [0.25, 0.3) is 0 Å². The summed E-state index contributed by atoms with van der Waals surface area (Å²) in [5.41, 5.74) is 1.25. The molecule has 1 amide bonds. The summed E-state index contributed by atoms with van der Waals surface area (Å²) in [7, 11) is 0. The van der Waals surface area contributed by atoms with Gasteiger partial charge in [-0.3, -0.25) is 4.79 Å². The van der Waals surface area contributed by atoms with Gasteiger partial charge in [0.1, 0.15) is 17.7 Å². The van der Waals surface area contributed by atoms with Crippen LogP contribution in [0.1, 0.15) is 24.0 Å². The molecule has 2 aromatic carbocycles. The summed E-state index contributed by atoms with van der Waals surface area (Å²) in [5.74, 6) is -3.27. The van der Waals surface area contributed by atoms with Crippen LogP contribution >= 0.6 is 0 Å². The molecule has 2 rings (SSSR count). The van der Waals surface area contributed by atoms with Crippen LogP contribution in [0, 0.1) is 11.6 Å². The molecule has 25 heavy (non-hydrogen) atoms. The predicted octanol–water partition coefficient (Wildman–Crippen LogP) is 3.10. The van der Waals surface area contributed by atoms with Gasteiger partial charge in [0.2, 0.25) is 5.91 Å². The number of hydrogen-bond donors (Lipinski definition) is 2. The molecule has 0 radical (unpaired) electrons. The van der Waals surface area contributed by atoms with Crippen LogP contribution in [0.2, 0.25) is 0 Å². The van der Waals surface area contributed by atoms with E-state index in [1.165, 1.54) is 0 Å². The highest BCUT2D eigenvalue weighted by Gasteiger charge is 2.19. The van der Waals surface area contributed by atoms with Crippen molar-refractivity contribution in [1.29, 1.82) is 0 Å². The maximum absolute atomic E-state index is 13.1. The van der Waals surface area contributed by atoms with Gasteiger partial charge in [-0.05, 0) is 42.5 Å². The Labute approximate surface area is 144 Å². The fourth-order valence-corrected chi connectivity index (χ4v) is 2.56. The van der Waals surface area contributed by atoms with E-state index in [0.29, 0.717) is 18.9 Å². The van der Waals surface area contributed by atoms with E-state index in [2.05, 4.69) is 5.32 Å². The van der Waals surface area contributed by atoms with E-state index in [-0.39, 0.29) is 18.4 Å². The minimum absolute atomic E-state index is 0.156. The average molecular weight is 347 g/mol. The first kappa shape index (κ1) is 18.6. The summed E-state index contributed by atoms with van der Waals surface area (Å²) in [6, 6.07) is 11.4. The molecule has 0 aliphatic carbocycles. The van der Waals surface area contributed by atoms with Gasteiger partial charge in [0.15, 0.2) is 0 Å². The molecule has 0 heterocycles. The summed E-state index contributed by atoms with van der Waals surface area (Å²) < 4.78 is 26.3. The standard InChI is InChI=1S/C19H19F2NO3/c20-15-9-14(10-16(21)12-15)11-18(23)22-17(19(24)25)8-4-7-13-5-2-1-3-6-13/h1-3,5-6,9-10,12,17H,4,7-8,11H2,(H,22,23)(H,24,25)/t17-/m0/s1. The van der Waals surface area contributed by atoms with E-state index in [0.717, 1.165) is 17.7 Å². The van der Waals surface area contributed by atoms with Crippen molar-refractivity contribution >= 4 is 11.9 Å². The number of amides is 1. The number of carboxylic acid groups (broad SMARTS) is 1. The van der Waals surface area contributed by atoms with Gasteiger partial charge in [-0.2, -0.15) is 0 Å². The smallest absolute Gasteiger partial charge is 0.326 e. The highest BCUT2D eigenvalue weighted by molar-refractivity contribution is 5.84. The minimum Gasteiger partial charge on any atom is -0.480 e. The molecule has 0 aliphatic heterocycles. The Kier molecular flexibility index (Phi) is 6.62. The molecular weight excluding hydrogens is 328 g/mol. The van der Waals surface area contributed by atoms with Gasteiger partial charge < -0.3 is 10.4 Å². The topological polar surface area (TPSA) is 66.4 Å². The van der Waals surface area contributed by atoms with Crippen molar-refractivity contribution in [2.24, 2.45) is 0 Å². The van der Waals surface area contributed by atoms with Gasteiger partial charge in [0, 0.05) is 6.07 Å². The third-order valence-electron chi connectivity index (χ3n) is 3.72. The molecule has 0 aliphatic rings. The lowest BCUT2D eigenvalue weighted by Gasteiger charge is -2.14. The molecule has 2 aromatic rings. The second-order valence-corrected chi connectivity index (χ2v) is 5.79. The van der Waals surface area contributed by atoms with Crippen molar-refractivity contribution in [2.75, 3.05) is 0 Å². The lowest BCUT2D eigenvalue weighted by molar-refractivity contribution is -0.142. The number of rotatable bonds is 8. The Balaban J connectivity index is 1.87. The Morgan fingerprint density at radius 3 is 2.24 bits per heavy atom. The maximum Gasteiger partial charge on any atom is 0.326 e. The molecule has 0 bridgehead atoms. The second-order valence-electron chi connectivity index (χ2n) is 5.79. The molecule has 0 fully saturated rings. The van der Waals surface area contributed by atoms with Crippen LogP contribution in [0.3, 0.4) is 0 Å². The van der Waals surface area contributed by atoms with Gasteiger partial charge in [0.05, 0.1) is 6.42 Å². The first-order valence-corrected chi connectivity index (χ1v) is 7.95. The first-order chi connectivity index (χ1) is 11.9. The molecule has 0 spiro atoms. The maximum atomic E-state index is 13.1. The summed E-state index contributed by atoms with van der Waals surface area (Å²) in [6.07, 6.45) is 1.29. The number of carbonyl (C=O) groups excluding carboxylic acids is 1. The third kappa shape index (κ3) is 6.33. The van der Waals surface area contributed by atoms with E-state index < -0.39 is 29.6 Å². The molecule has 1 atom stereocenters. The molecule has 2 N–H and O–H groups in total. The number of benzene rings is 2. The Morgan fingerprint density at radius 1 is 1.00 bits per heavy atom. The SMILES string of the molecule is O=C(Cc1cc(F)cc(F)c1)N[C@@H](CCCc1ccccc1)C(=O)O. The van der Waals surface area contributed by atoms with Crippen molar-refractivity contribution in [3.8, 4) is 0 Å². The van der Waals surface area contributed by atoms with E-state index in [1.807, 2.05) is 30.3 Å². The zero-order valence-corrected chi connectivity index (χ0v) is 13.5. The van der Waals surface area contributed by atoms with Crippen molar-refractivity contribution in [3.63, 3.8) is 0 Å². The second kappa shape index (κ2) is 8.92. The summed E-state index contributed by atoms with van der Waals surface area (Å²) in [5, 5.41) is 11.6. The number of hydrogen-bond acceptors (Lipinski definition) is 2. The number of halogens is 2. The number of aryl methyl sites for hydroxylation is 1. The number of nitrogens with one attached hydrogen (secondary N) is 1. The van der Waals surface area contributed by atoms with Gasteiger partial charge in [0.25, 0.3) is 0 Å². The monoisotopic (exact) mass is 347 g/mol. The van der Waals surface area contributed by atoms with Crippen molar-refractivity contribution in [1.82, 2.24) is 5.32 Å². The molecule has 0 aromatic heterocycles. The van der Waals surface area contributed by atoms with Crippen LogP contribution < -0.4 is 5.32 Å².